The van der Waals surface area contributed by atoms with E-state index in [9.17, 15) is 4.79 Å². The molecule has 2 aromatic rings. The van der Waals surface area contributed by atoms with Crippen LogP contribution in [0.5, 0.6) is 11.6 Å². The highest BCUT2D eigenvalue weighted by atomic mass is 79.9. The van der Waals surface area contributed by atoms with Crippen molar-refractivity contribution in [3.05, 3.63) is 51.6 Å². The zero-order valence-corrected chi connectivity index (χ0v) is 12.9. The summed E-state index contributed by atoms with van der Waals surface area (Å²) < 4.78 is 11.4. The Hall–Kier alpha value is -1.59. The Morgan fingerprint density at radius 1 is 1.40 bits per heavy atom. The first-order chi connectivity index (χ1) is 9.61. The molecule has 1 heterocycles. The highest BCUT2D eigenvalue weighted by Gasteiger charge is 2.16. The van der Waals surface area contributed by atoms with Crippen LogP contribution in [0.2, 0.25) is 5.02 Å². The Morgan fingerprint density at radius 3 is 2.95 bits per heavy atom. The first-order valence-corrected chi connectivity index (χ1v) is 7.04. The monoisotopic (exact) mass is 355 g/mol. The van der Waals surface area contributed by atoms with E-state index in [-0.39, 0.29) is 18.1 Å². The van der Waals surface area contributed by atoms with Gasteiger partial charge < -0.3 is 9.47 Å². The van der Waals surface area contributed by atoms with Gasteiger partial charge >= 0.3 is 5.97 Å². The Bertz CT molecular complexity index is 634. The van der Waals surface area contributed by atoms with Crippen molar-refractivity contribution in [3.8, 4) is 11.6 Å². The third kappa shape index (κ3) is 3.49. The lowest BCUT2D eigenvalue weighted by Crippen LogP contribution is -2.07. The van der Waals surface area contributed by atoms with Crippen molar-refractivity contribution < 1.29 is 14.3 Å². The van der Waals surface area contributed by atoms with Crippen molar-refractivity contribution in [2.24, 2.45) is 0 Å². The van der Waals surface area contributed by atoms with E-state index in [0.29, 0.717) is 10.8 Å². The maximum Gasteiger partial charge on any atom is 0.343 e. The van der Waals surface area contributed by atoms with E-state index < -0.39 is 5.97 Å². The zero-order chi connectivity index (χ0) is 14.5. The fourth-order valence-electron chi connectivity index (χ4n) is 1.50. The summed E-state index contributed by atoms with van der Waals surface area (Å²) in [6.45, 7) is 2.02. The summed E-state index contributed by atoms with van der Waals surface area (Å²) in [5, 5.41) is 0.425. The van der Waals surface area contributed by atoms with Crippen molar-refractivity contribution in [1.29, 1.82) is 0 Å². The molecule has 0 amide bonds. The molecule has 0 unspecified atom stereocenters. The molecule has 0 atom stereocenters. The van der Waals surface area contributed by atoms with E-state index in [2.05, 4.69) is 20.9 Å². The molecule has 104 valence electrons. The topological polar surface area (TPSA) is 48.4 Å². The number of pyridine rings is 1. The van der Waals surface area contributed by atoms with Gasteiger partial charge in [-0.1, -0.05) is 27.5 Å². The third-order valence-corrected chi connectivity index (χ3v) is 3.17. The molecule has 6 heteroatoms. The van der Waals surface area contributed by atoms with Crippen LogP contribution in [-0.4, -0.2) is 17.6 Å². The van der Waals surface area contributed by atoms with Crippen LogP contribution < -0.4 is 4.74 Å². The normalized spacial score (nSPS) is 10.2. The molecule has 4 nitrogen and oxygen atoms in total. The van der Waals surface area contributed by atoms with Gasteiger partial charge in [-0.05, 0) is 37.3 Å². The van der Waals surface area contributed by atoms with Gasteiger partial charge in [0, 0.05) is 10.7 Å². The molecule has 0 spiro atoms. The predicted molar refractivity (Wildman–Crippen MR) is 79.4 cm³/mol. The number of carbonyl (C=O) groups is 1. The number of carbonyl (C=O) groups excluding carboxylic acids is 1. The molecule has 0 fully saturated rings. The van der Waals surface area contributed by atoms with Crippen LogP contribution in [0, 0.1) is 0 Å². The highest BCUT2D eigenvalue weighted by Crippen LogP contribution is 2.32. The first kappa shape index (κ1) is 14.8. The summed E-state index contributed by atoms with van der Waals surface area (Å²) in [5.74, 6) is 0.0814. The number of halogens is 2. The second-order valence-electron chi connectivity index (χ2n) is 3.75. The first-order valence-electron chi connectivity index (χ1n) is 5.87. The molecule has 1 aromatic heterocycles. The number of ether oxygens (including phenoxy) is 2. The van der Waals surface area contributed by atoms with Crippen LogP contribution in [-0.2, 0) is 4.74 Å². The molecule has 0 bridgehead atoms. The van der Waals surface area contributed by atoms with E-state index in [1.165, 1.54) is 6.20 Å². The van der Waals surface area contributed by atoms with Gasteiger partial charge in [-0.25, -0.2) is 9.78 Å². The van der Waals surface area contributed by atoms with E-state index in [1.54, 1.807) is 37.3 Å². The minimum atomic E-state index is -0.485. The summed E-state index contributed by atoms with van der Waals surface area (Å²) in [7, 11) is 0. The lowest BCUT2D eigenvalue weighted by molar-refractivity contribution is 0.0522. The summed E-state index contributed by atoms with van der Waals surface area (Å²) in [6.07, 6.45) is 1.53. The lowest BCUT2D eigenvalue weighted by Gasteiger charge is -2.10. The van der Waals surface area contributed by atoms with Crippen LogP contribution >= 0.6 is 27.5 Å². The molecule has 0 N–H and O–H groups in total. The molecule has 0 radical (unpaired) electrons. The second kappa shape index (κ2) is 6.72. The highest BCUT2D eigenvalue weighted by molar-refractivity contribution is 9.10. The fourth-order valence-corrected chi connectivity index (χ4v) is 1.99. The molecule has 20 heavy (non-hydrogen) atoms. The van der Waals surface area contributed by atoms with Crippen molar-refractivity contribution in [2.75, 3.05) is 6.61 Å². The molecule has 0 saturated heterocycles. The third-order valence-electron chi connectivity index (χ3n) is 2.37. The molecule has 2 rings (SSSR count). The number of benzene rings is 1. The minimum absolute atomic E-state index is 0.158. The van der Waals surface area contributed by atoms with Gasteiger partial charge in [0.25, 0.3) is 0 Å². The van der Waals surface area contributed by atoms with Gasteiger partial charge in [0.15, 0.2) is 0 Å². The van der Waals surface area contributed by atoms with Gasteiger partial charge in [-0.15, -0.1) is 0 Å². The quantitative estimate of drug-likeness (QED) is 0.759. The number of hydrogen-bond donors (Lipinski definition) is 0. The zero-order valence-electron chi connectivity index (χ0n) is 10.6. The van der Waals surface area contributed by atoms with E-state index >= 15 is 0 Å². The van der Waals surface area contributed by atoms with E-state index in [4.69, 9.17) is 21.1 Å². The largest absolute Gasteiger partial charge is 0.462 e. The van der Waals surface area contributed by atoms with Crippen molar-refractivity contribution >= 4 is 33.5 Å². The number of nitrogens with zero attached hydrogens (tertiary/aromatic N) is 1. The molecule has 0 aliphatic rings. The van der Waals surface area contributed by atoms with Crippen molar-refractivity contribution in [3.63, 3.8) is 0 Å². The summed E-state index contributed by atoms with van der Waals surface area (Å²) in [4.78, 5) is 15.9. The van der Waals surface area contributed by atoms with E-state index in [1.807, 2.05) is 0 Å². The number of esters is 1. The van der Waals surface area contributed by atoms with Crippen LogP contribution in [0.4, 0.5) is 0 Å². The average Bonchev–Trinajstić information content (AvgIpc) is 2.44. The smallest absolute Gasteiger partial charge is 0.343 e. The molecule has 0 aliphatic heterocycles. The number of hydrogen-bond acceptors (Lipinski definition) is 4. The van der Waals surface area contributed by atoms with E-state index in [0.717, 1.165) is 4.47 Å². The molecule has 1 aromatic carbocycles. The predicted octanol–water partition coefficient (Wildman–Crippen LogP) is 4.47. The molecular weight excluding hydrogens is 346 g/mol. The van der Waals surface area contributed by atoms with Gasteiger partial charge in [0.05, 0.1) is 11.6 Å². The average molecular weight is 357 g/mol. The van der Waals surface area contributed by atoms with Gasteiger partial charge in [0.2, 0.25) is 5.88 Å². The van der Waals surface area contributed by atoms with Crippen LogP contribution in [0.15, 0.2) is 41.0 Å². The van der Waals surface area contributed by atoms with Gasteiger partial charge in [-0.3, -0.25) is 0 Å². The van der Waals surface area contributed by atoms with Crippen molar-refractivity contribution in [2.45, 2.75) is 6.92 Å². The summed E-state index contributed by atoms with van der Waals surface area (Å²) >= 11 is 9.38. The van der Waals surface area contributed by atoms with Gasteiger partial charge in [-0.2, -0.15) is 0 Å². The molecule has 0 aliphatic carbocycles. The summed E-state index contributed by atoms with van der Waals surface area (Å²) in [6, 6.07) is 8.41. The Labute approximate surface area is 129 Å². The summed E-state index contributed by atoms with van der Waals surface area (Å²) in [5.41, 5.74) is 0.255. The van der Waals surface area contributed by atoms with Crippen LogP contribution in [0.3, 0.4) is 0 Å². The lowest BCUT2D eigenvalue weighted by atomic mass is 10.2. The maximum absolute atomic E-state index is 11.8. The Balaban J connectivity index is 2.34. The van der Waals surface area contributed by atoms with Crippen LogP contribution in [0.25, 0.3) is 0 Å². The SMILES string of the molecule is CCOC(=O)c1cccnc1Oc1cc(Br)ccc1Cl. The van der Waals surface area contributed by atoms with Gasteiger partial charge in [0.1, 0.15) is 11.3 Å². The minimum Gasteiger partial charge on any atom is -0.462 e. The molecule has 0 saturated carbocycles. The number of aromatic nitrogens is 1. The number of rotatable bonds is 4. The Morgan fingerprint density at radius 2 is 2.20 bits per heavy atom. The van der Waals surface area contributed by atoms with Crippen molar-refractivity contribution in [1.82, 2.24) is 4.98 Å². The molecular formula is C14H11BrClNO3. The van der Waals surface area contributed by atoms with Crippen LogP contribution in [0.1, 0.15) is 17.3 Å². The maximum atomic E-state index is 11.8. The second-order valence-corrected chi connectivity index (χ2v) is 5.08. The fraction of sp³-hybridized carbons (Fsp3) is 0.143. The standard InChI is InChI=1S/C14H11BrClNO3/c1-2-19-14(18)10-4-3-7-17-13(10)20-12-8-9(15)5-6-11(12)16/h3-8H,2H2,1H3. The Kier molecular flexibility index (Phi) is 4.98.